The van der Waals surface area contributed by atoms with Crippen LogP contribution in [0.4, 0.5) is 5.69 Å². The van der Waals surface area contributed by atoms with E-state index in [1.54, 1.807) is 0 Å². The third-order valence-corrected chi connectivity index (χ3v) is 5.12. The molecule has 0 aliphatic heterocycles. The average Bonchev–Trinajstić information content (AvgIpc) is 2.59. The van der Waals surface area contributed by atoms with Crippen molar-refractivity contribution in [3.63, 3.8) is 0 Å². The fourth-order valence-corrected chi connectivity index (χ4v) is 3.15. The lowest BCUT2D eigenvalue weighted by Gasteiger charge is -2.33. The Bertz CT molecular complexity index is 703. The summed E-state index contributed by atoms with van der Waals surface area (Å²) in [4.78, 5) is 6.35. The molecule has 0 fully saturated rings. The molecule has 25 heavy (non-hydrogen) atoms. The second kappa shape index (κ2) is 9.16. The molecule has 0 spiro atoms. The van der Waals surface area contributed by atoms with E-state index < -0.39 is 0 Å². The van der Waals surface area contributed by atoms with Crippen molar-refractivity contribution in [1.82, 2.24) is 9.88 Å². The Morgan fingerprint density at radius 1 is 1.20 bits per heavy atom. The predicted octanol–water partition coefficient (Wildman–Crippen LogP) is 5.85. The zero-order chi connectivity index (χ0) is 18.4. The zero-order valence-corrected chi connectivity index (χ0v) is 16.9. The van der Waals surface area contributed by atoms with Gasteiger partial charge in [-0.3, -0.25) is 4.98 Å². The van der Waals surface area contributed by atoms with Crippen molar-refractivity contribution in [2.75, 3.05) is 11.9 Å². The highest BCUT2D eigenvalue weighted by Crippen LogP contribution is 2.26. The largest absolute Gasteiger partial charge is 0.342 e. The van der Waals surface area contributed by atoms with E-state index >= 15 is 0 Å². The SMILES string of the molecule is Cc1c(Cl)cccc1NC(=S)N(CCC(C)C)[C@H](C)c1ccncc1. The van der Waals surface area contributed by atoms with Crippen LogP contribution in [0.25, 0.3) is 0 Å². The quantitative estimate of drug-likeness (QED) is 0.641. The number of thiocarbonyl (C=S) groups is 1. The lowest BCUT2D eigenvalue weighted by Crippen LogP contribution is -2.38. The Hall–Kier alpha value is -1.65. The first-order chi connectivity index (χ1) is 11.9. The van der Waals surface area contributed by atoms with Crippen molar-refractivity contribution < 1.29 is 0 Å². The van der Waals surface area contributed by atoms with Crippen molar-refractivity contribution in [3.8, 4) is 0 Å². The first kappa shape index (κ1) is 19.7. The maximum absolute atomic E-state index is 6.23. The predicted molar refractivity (Wildman–Crippen MR) is 111 cm³/mol. The monoisotopic (exact) mass is 375 g/mol. The first-order valence-electron chi connectivity index (χ1n) is 8.62. The molecule has 1 aromatic carbocycles. The number of benzene rings is 1. The Morgan fingerprint density at radius 2 is 1.88 bits per heavy atom. The molecule has 0 saturated carbocycles. The zero-order valence-electron chi connectivity index (χ0n) is 15.3. The van der Waals surface area contributed by atoms with Crippen molar-refractivity contribution in [2.45, 2.75) is 40.2 Å². The summed E-state index contributed by atoms with van der Waals surface area (Å²) in [6.45, 7) is 9.53. The summed E-state index contributed by atoms with van der Waals surface area (Å²) in [5, 5.41) is 4.84. The van der Waals surface area contributed by atoms with Crippen LogP contribution in [0.15, 0.2) is 42.7 Å². The van der Waals surface area contributed by atoms with E-state index in [2.05, 4.69) is 36.0 Å². The molecular formula is C20H26ClN3S. The Kier molecular flexibility index (Phi) is 7.21. The Morgan fingerprint density at radius 3 is 2.52 bits per heavy atom. The van der Waals surface area contributed by atoms with Gasteiger partial charge in [0, 0.05) is 29.6 Å². The molecule has 5 heteroatoms. The Balaban J connectivity index is 2.21. The van der Waals surface area contributed by atoms with Crippen LogP contribution in [0.5, 0.6) is 0 Å². The fraction of sp³-hybridized carbons (Fsp3) is 0.400. The molecule has 0 saturated heterocycles. The van der Waals surface area contributed by atoms with Gasteiger partial charge in [-0.1, -0.05) is 31.5 Å². The lowest BCUT2D eigenvalue weighted by atomic mass is 10.1. The van der Waals surface area contributed by atoms with Crippen LogP contribution in [-0.4, -0.2) is 21.5 Å². The molecule has 3 nitrogen and oxygen atoms in total. The van der Waals surface area contributed by atoms with Crippen molar-refractivity contribution in [1.29, 1.82) is 0 Å². The topological polar surface area (TPSA) is 28.2 Å². The maximum Gasteiger partial charge on any atom is 0.173 e. The highest BCUT2D eigenvalue weighted by Gasteiger charge is 2.19. The molecular weight excluding hydrogens is 350 g/mol. The number of halogens is 1. The van der Waals surface area contributed by atoms with E-state index in [1.807, 2.05) is 49.6 Å². The summed E-state index contributed by atoms with van der Waals surface area (Å²) >= 11 is 12.0. The molecule has 0 bridgehead atoms. The van der Waals surface area contributed by atoms with Gasteiger partial charge in [-0.2, -0.15) is 0 Å². The smallest absolute Gasteiger partial charge is 0.173 e. The van der Waals surface area contributed by atoms with Gasteiger partial charge in [-0.15, -0.1) is 0 Å². The van der Waals surface area contributed by atoms with Gasteiger partial charge in [-0.25, -0.2) is 0 Å². The highest BCUT2D eigenvalue weighted by atomic mass is 35.5. The second-order valence-corrected chi connectivity index (χ2v) is 7.47. The van der Waals surface area contributed by atoms with Crippen LogP contribution in [0.2, 0.25) is 5.02 Å². The highest BCUT2D eigenvalue weighted by molar-refractivity contribution is 7.80. The van der Waals surface area contributed by atoms with E-state index in [9.17, 15) is 0 Å². The number of nitrogens with zero attached hydrogens (tertiary/aromatic N) is 2. The van der Waals surface area contributed by atoms with Gasteiger partial charge >= 0.3 is 0 Å². The van der Waals surface area contributed by atoms with E-state index in [1.165, 1.54) is 5.56 Å². The van der Waals surface area contributed by atoms with Gasteiger partial charge in [0.1, 0.15) is 0 Å². The number of nitrogens with one attached hydrogen (secondary N) is 1. The fourth-order valence-electron chi connectivity index (χ4n) is 2.62. The summed E-state index contributed by atoms with van der Waals surface area (Å²) in [5.74, 6) is 0.614. The van der Waals surface area contributed by atoms with Gasteiger partial charge in [0.25, 0.3) is 0 Å². The molecule has 0 aliphatic carbocycles. The Labute approximate surface area is 161 Å². The van der Waals surface area contributed by atoms with Gasteiger partial charge < -0.3 is 10.2 Å². The molecule has 2 rings (SSSR count). The van der Waals surface area contributed by atoms with Gasteiger partial charge in [0.15, 0.2) is 5.11 Å². The van der Waals surface area contributed by atoms with E-state index in [0.29, 0.717) is 5.92 Å². The summed E-state index contributed by atoms with van der Waals surface area (Å²) in [6, 6.07) is 10.1. The molecule has 1 aromatic heterocycles. The van der Waals surface area contributed by atoms with Crippen LogP contribution < -0.4 is 5.32 Å². The van der Waals surface area contributed by atoms with E-state index in [0.717, 1.165) is 34.4 Å². The third kappa shape index (κ3) is 5.41. The third-order valence-electron chi connectivity index (χ3n) is 4.37. The summed E-state index contributed by atoms with van der Waals surface area (Å²) < 4.78 is 0. The minimum Gasteiger partial charge on any atom is -0.342 e. The molecule has 0 radical (unpaired) electrons. The van der Waals surface area contributed by atoms with Crippen LogP contribution in [0.1, 0.15) is 44.4 Å². The number of aromatic nitrogens is 1. The molecule has 0 amide bonds. The number of rotatable bonds is 6. The van der Waals surface area contributed by atoms with Gasteiger partial charge in [0.05, 0.1) is 6.04 Å². The molecule has 1 atom stereocenters. The van der Waals surface area contributed by atoms with Crippen molar-refractivity contribution in [2.24, 2.45) is 5.92 Å². The first-order valence-corrected chi connectivity index (χ1v) is 9.41. The number of hydrogen-bond donors (Lipinski definition) is 1. The average molecular weight is 376 g/mol. The molecule has 1 heterocycles. The molecule has 2 aromatic rings. The van der Waals surface area contributed by atoms with Crippen LogP contribution >= 0.6 is 23.8 Å². The van der Waals surface area contributed by atoms with E-state index in [4.69, 9.17) is 23.8 Å². The lowest BCUT2D eigenvalue weighted by molar-refractivity contribution is 0.318. The van der Waals surface area contributed by atoms with Gasteiger partial charge in [0.2, 0.25) is 0 Å². The minimum absolute atomic E-state index is 0.168. The van der Waals surface area contributed by atoms with Crippen LogP contribution in [0.3, 0.4) is 0 Å². The molecule has 0 aliphatic rings. The van der Waals surface area contributed by atoms with Crippen LogP contribution in [-0.2, 0) is 0 Å². The number of pyridine rings is 1. The number of hydrogen-bond acceptors (Lipinski definition) is 2. The van der Waals surface area contributed by atoms with Gasteiger partial charge in [-0.05, 0) is 73.8 Å². The number of anilines is 1. The van der Waals surface area contributed by atoms with Crippen molar-refractivity contribution >= 4 is 34.6 Å². The van der Waals surface area contributed by atoms with Crippen molar-refractivity contribution in [3.05, 3.63) is 58.9 Å². The van der Waals surface area contributed by atoms with Crippen LogP contribution in [0, 0.1) is 12.8 Å². The second-order valence-electron chi connectivity index (χ2n) is 6.67. The van der Waals surface area contributed by atoms with E-state index in [-0.39, 0.29) is 6.04 Å². The summed E-state index contributed by atoms with van der Waals surface area (Å²) in [7, 11) is 0. The summed E-state index contributed by atoms with van der Waals surface area (Å²) in [5.41, 5.74) is 3.16. The standard InChI is InChI=1S/C20H26ClN3S/c1-14(2)10-13-24(16(4)17-8-11-22-12-9-17)20(25)23-19-7-5-6-18(21)15(19)3/h5-9,11-12,14,16H,10,13H2,1-4H3,(H,23,25)/t16-/m1/s1. The molecule has 134 valence electrons. The normalized spacial score (nSPS) is 12.1. The summed E-state index contributed by atoms with van der Waals surface area (Å²) in [6.07, 6.45) is 4.72. The molecule has 0 unspecified atom stereocenters. The molecule has 1 N–H and O–H groups in total. The maximum atomic E-state index is 6.23. The minimum atomic E-state index is 0.168.